The van der Waals surface area contributed by atoms with Crippen molar-refractivity contribution >= 4 is 143 Å². The van der Waals surface area contributed by atoms with E-state index in [0.717, 1.165) is 44.9 Å². The zero-order valence-electron chi connectivity index (χ0n) is 33.1. The Morgan fingerprint density at radius 2 is 0.803 bits per heavy atom. The summed E-state index contributed by atoms with van der Waals surface area (Å²) in [6.45, 7) is 0. The van der Waals surface area contributed by atoms with Gasteiger partial charge < -0.3 is 9.32 Å². The van der Waals surface area contributed by atoms with E-state index in [9.17, 15) is 0 Å². The Labute approximate surface area is 364 Å². The van der Waals surface area contributed by atoms with Crippen LogP contribution in [-0.4, -0.2) is 54.9 Å². The van der Waals surface area contributed by atoms with Gasteiger partial charge in [0.25, 0.3) is 0 Å². The van der Waals surface area contributed by atoms with Crippen LogP contribution in [0.1, 0.15) is 0 Å². The first-order valence-electron chi connectivity index (χ1n) is 19.9. The van der Waals surface area contributed by atoms with E-state index in [4.69, 9.17) is 59.3 Å². The van der Waals surface area contributed by atoms with Crippen LogP contribution in [0.5, 0.6) is 0 Å². The third-order valence-electron chi connectivity index (χ3n) is 11.7. The third-order valence-corrected chi connectivity index (χ3v) is 11.7. The molecule has 0 fully saturated rings. The Morgan fingerprint density at radius 3 is 1.49 bits per heavy atom. The average molecular weight is 758 g/mol. The number of hydrogen-bond donors (Lipinski definition) is 0. The minimum Gasteiger partial charge on any atom is -0.456 e. The predicted octanol–water partition coefficient (Wildman–Crippen LogP) is 6.43. The molecule has 0 unspecified atom stereocenters. The van der Waals surface area contributed by atoms with Crippen LogP contribution in [0.3, 0.4) is 0 Å². The summed E-state index contributed by atoms with van der Waals surface area (Å²) < 4.78 is 6.41. The van der Waals surface area contributed by atoms with Gasteiger partial charge in [-0.2, -0.15) is 0 Å². The molecule has 0 spiro atoms. The lowest BCUT2D eigenvalue weighted by Crippen LogP contribution is -2.47. The highest BCUT2D eigenvalue weighted by molar-refractivity contribution is 6.69. The fourth-order valence-corrected chi connectivity index (χ4v) is 8.54. The van der Waals surface area contributed by atoms with Crippen molar-refractivity contribution in [1.29, 1.82) is 0 Å². The minimum absolute atomic E-state index is 0.133. The van der Waals surface area contributed by atoms with E-state index in [2.05, 4.69) is 157 Å². The van der Waals surface area contributed by atoms with Gasteiger partial charge in [0.05, 0.1) is 5.69 Å². The topological polar surface area (TPSA) is 16.4 Å². The smallest absolute Gasteiger partial charge is 0.141 e. The monoisotopic (exact) mass is 759 g/mol. The summed E-state index contributed by atoms with van der Waals surface area (Å²) in [6.07, 6.45) is 0. The molecular formula is C52H28B7NO. The highest BCUT2D eigenvalue weighted by atomic mass is 16.3. The van der Waals surface area contributed by atoms with Crippen LogP contribution >= 0.6 is 0 Å². The summed E-state index contributed by atoms with van der Waals surface area (Å²) in [7, 11) is 45.3. The van der Waals surface area contributed by atoms with Crippen molar-refractivity contribution in [2.75, 3.05) is 4.90 Å². The molecule has 2 nitrogen and oxygen atoms in total. The number of rotatable bonds is 7. The van der Waals surface area contributed by atoms with E-state index in [-0.39, 0.29) is 43.8 Å². The van der Waals surface area contributed by atoms with E-state index in [1.165, 1.54) is 21.9 Å². The lowest BCUT2D eigenvalue weighted by Gasteiger charge is -2.28. The first-order chi connectivity index (χ1) is 29.7. The Balaban J connectivity index is 1.07. The number of fused-ring (bicyclic) bond motifs is 4. The second-order valence-corrected chi connectivity index (χ2v) is 15.2. The van der Waals surface area contributed by atoms with Crippen molar-refractivity contribution in [2.24, 2.45) is 0 Å². The van der Waals surface area contributed by atoms with Gasteiger partial charge in [0.1, 0.15) is 66.1 Å². The number of benzene rings is 9. The van der Waals surface area contributed by atoms with Gasteiger partial charge in [-0.1, -0.05) is 161 Å². The van der Waals surface area contributed by atoms with E-state index < -0.39 is 0 Å². The van der Waals surface area contributed by atoms with E-state index in [0.29, 0.717) is 21.9 Å². The number of para-hydroxylation sites is 1. The van der Waals surface area contributed by atoms with Gasteiger partial charge in [-0.15, -0.1) is 16.4 Å². The maximum Gasteiger partial charge on any atom is 0.141 e. The summed E-state index contributed by atoms with van der Waals surface area (Å²) in [6, 6.07) is 59.2. The van der Waals surface area contributed by atoms with Gasteiger partial charge in [-0.05, 0) is 74.5 Å². The SMILES string of the molecule is [B]c1c([B])c([B])c2c(oc3c(-c4ccc(N(c5ccc(-c6ccc(-c7cccc8ccccc78)cc6)cc5)c5ccccc5-c5ccccc5)cc4)c([B])c([B])c([B])c32)c1[B]. The van der Waals surface area contributed by atoms with Crippen LogP contribution in [0.25, 0.3) is 77.2 Å². The molecule has 0 aliphatic heterocycles. The summed E-state index contributed by atoms with van der Waals surface area (Å²) >= 11 is 0. The largest absolute Gasteiger partial charge is 0.456 e. The fourth-order valence-electron chi connectivity index (χ4n) is 8.54. The second-order valence-electron chi connectivity index (χ2n) is 15.2. The summed E-state index contributed by atoms with van der Waals surface area (Å²) in [5, 5.41) is 3.37. The van der Waals surface area contributed by atoms with Crippen LogP contribution in [0, 0.1) is 0 Å². The number of furan rings is 1. The summed E-state index contributed by atoms with van der Waals surface area (Å²) in [5.41, 5.74) is 13.0. The normalized spacial score (nSPS) is 11.4. The van der Waals surface area contributed by atoms with Crippen molar-refractivity contribution in [3.63, 3.8) is 0 Å². The quantitative estimate of drug-likeness (QED) is 0.174. The van der Waals surface area contributed by atoms with Crippen molar-refractivity contribution in [3.8, 4) is 44.5 Å². The Morgan fingerprint density at radius 1 is 0.328 bits per heavy atom. The van der Waals surface area contributed by atoms with Gasteiger partial charge in [-0.3, -0.25) is 0 Å². The van der Waals surface area contributed by atoms with Crippen LogP contribution in [0.2, 0.25) is 0 Å². The first-order valence-corrected chi connectivity index (χ1v) is 19.9. The molecule has 10 aromatic rings. The lowest BCUT2D eigenvalue weighted by atomic mass is 9.64. The molecule has 268 valence electrons. The van der Waals surface area contributed by atoms with Crippen molar-refractivity contribution < 1.29 is 4.42 Å². The molecule has 61 heavy (non-hydrogen) atoms. The molecule has 0 saturated carbocycles. The number of hydrogen-bond acceptors (Lipinski definition) is 2. The molecule has 0 amide bonds. The molecule has 0 N–H and O–H groups in total. The molecule has 0 aliphatic carbocycles. The molecule has 14 radical (unpaired) electrons. The molecule has 1 aromatic heterocycles. The van der Waals surface area contributed by atoms with Gasteiger partial charge in [0.15, 0.2) is 0 Å². The van der Waals surface area contributed by atoms with Gasteiger partial charge in [-0.25, -0.2) is 0 Å². The summed E-state index contributed by atoms with van der Waals surface area (Å²) in [5.74, 6) is 0. The maximum atomic E-state index is 6.74. The first kappa shape index (κ1) is 38.5. The molecule has 9 aromatic carbocycles. The Kier molecular flexibility index (Phi) is 9.72. The van der Waals surface area contributed by atoms with Crippen molar-refractivity contribution in [1.82, 2.24) is 0 Å². The molecule has 0 bridgehead atoms. The fraction of sp³-hybridized carbons (Fsp3) is 0. The number of nitrogens with zero attached hydrogens (tertiary/aromatic N) is 1. The van der Waals surface area contributed by atoms with E-state index >= 15 is 0 Å². The predicted molar refractivity (Wildman–Crippen MR) is 265 cm³/mol. The minimum atomic E-state index is 0.133. The average Bonchev–Trinajstić information content (AvgIpc) is 3.71. The van der Waals surface area contributed by atoms with Crippen LogP contribution < -0.4 is 43.1 Å². The van der Waals surface area contributed by atoms with Gasteiger partial charge in [0, 0.05) is 33.3 Å². The summed E-state index contributed by atoms with van der Waals surface area (Å²) in [4.78, 5) is 2.25. The zero-order valence-corrected chi connectivity index (χ0v) is 33.1. The van der Waals surface area contributed by atoms with Crippen molar-refractivity contribution in [2.45, 2.75) is 0 Å². The van der Waals surface area contributed by atoms with Gasteiger partial charge >= 0.3 is 0 Å². The molecule has 9 heteroatoms. The Hall–Kier alpha value is -6.71. The highest BCUT2D eigenvalue weighted by Crippen LogP contribution is 2.42. The molecule has 0 aliphatic rings. The van der Waals surface area contributed by atoms with Crippen molar-refractivity contribution in [3.05, 3.63) is 170 Å². The highest BCUT2D eigenvalue weighted by Gasteiger charge is 2.23. The lowest BCUT2D eigenvalue weighted by molar-refractivity contribution is 0.673. The zero-order chi connectivity index (χ0) is 41.9. The standard InChI is InChI=1S/C52H28B7NO/c53-44-41(51-42(45(54)47(44)56)43-46(55)48(57)49(58)50(59)52(43)61-51)34-23-27-36(28-24-34)60(40-16-7-6-14-39(40)32-9-2-1-3-10-32)35-25-21-30(22-26-35)29-17-19-33(20-18-29)38-15-8-12-31-11-4-5-13-37(31)38/h1-28H. The number of anilines is 3. The molecule has 0 atom stereocenters. The molecule has 1 heterocycles. The van der Waals surface area contributed by atoms with Crippen LogP contribution in [-0.2, 0) is 0 Å². The molecular weight excluding hydrogens is 730 g/mol. The van der Waals surface area contributed by atoms with Gasteiger partial charge in [0.2, 0.25) is 0 Å². The Bertz CT molecular complexity index is 3300. The van der Waals surface area contributed by atoms with E-state index in [1.807, 2.05) is 18.2 Å². The third kappa shape index (κ3) is 6.46. The molecule has 0 saturated heterocycles. The van der Waals surface area contributed by atoms with Crippen LogP contribution in [0.15, 0.2) is 174 Å². The molecule has 10 rings (SSSR count). The van der Waals surface area contributed by atoms with E-state index in [1.54, 1.807) is 0 Å². The second kappa shape index (κ2) is 15.4. The van der Waals surface area contributed by atoms with Crippen LogP contribution in [0.4, 0.5) is 17.1 Å². The maximum absolute atomic E-state index is 6.74.